The van der Waals surface area contributed by atoms with Crippen molar-refractivity contribution in [2.24, 2.45) is 0 Å². The van der Waals surface area contributed by atoms with Gasteiger partial charge in [-0.2, -0.15) is 92.2 Å². The Labute approximate surface area is 185 Å². The Morgan fingerprint density at radius 2 is 0.676 bits per heavy atom. The fraction of sp³-hybridized carbons (Fsp3) is 1.00. The van der Waals surface area contributed by atoms with Crippen LogP contribution >= 0.6 is 0 Å². The molecule has 0 aliphatic rings. The molecule has 0 amide bonds. The van der Waals surface area contributed by atoms with Gasteiger partial charge >= 0.3 is 59.6 Å². The van der Waals surface area contributed by atoms with Crippen LogP contribution in [0.2, 0.25) is 0 Å². The molecule has 0 saturated heterocycles. The van der Waals surface area contributed by atoms with Gasteiger partial charge in [-0.05, 0) is 0 Å². The third kappa shape index (κ3) is 5.30. The molecule has 0 aromatic heterocycles. The second kappa shape index (κ2) is 8.68. The van der Waals surface area contributed by atoms with Crippen molar-refractivity contribution in [3.8, 4) is 0 Å². The van der Waals surface area contributed by atoms with Gasteiger partial charge in [-0.3, -0.25) is 0 Å². The summed E-state index contributed by atoms with van der Waals surface area (Å²) in [7, 11) is -8.27. The van der Waals surface area contributed by atoms with E-state index in [0.717, 1.165) is 9.47 Å². The van der Waals surface area contributed by atoms with Gasteiger partial charge in [0.2, 0.25) is 0 Å². The molecule has 0 aliphatic carbocycles. The van der Waals surface area contributed by atoms with E-state index in [4.69, 9.17) is 0 Å². The number of alkyl halides is 21. The Hall–Kier alpha value is -1.64. The zero-order valence-corrected chi connectivity index (χ0v) is 16.2. The van der Waals surface area contributed by atoms with Gasteiger partial charge < -0.3 is 4.55 Å². The second-order valence-electron chi connectivity index (χ2n) is 6.04. The quantitative estimate of drug-likeness (QED) is 0.218. The third-order valence-electron chi connectivity index (χ3n) is 3.41. The van der Waals surface area contributed by atoms with Gasteiger partial charge in [0, 0.05) is 0 Å². The fourth-order valence-corrected chi connectivity index (χ4v) is 1.92. The number of hydrogen-bond donors (Lipinski definition) is 0. The molecule has 0 N–H and O–H groups in total. The zero-order chi connectivity index (χ0) is 30.9. The van der Waals surface area contributed by atoms with Crippen LogP contribution in [0.4, 0.5) is 92.2 Å². The summed E-state index contributed by atoms with van der Waals surface area (Å²) in [6, 6.07) is 0. The Morgan fingerprint density at radius 3 is 0.946 bits per heavy atom. The Kier molecular flexibility index (Phi) is 8.30. The molecule has 0 radical (unpaired) electrons. The van der Waals surface area contributed by atoms with Gasteiger partial charge in [-0.1, -0.05) is 0 Å². The van der Waals surface area contributed by atoms with Gasteiger partial charge in [0.1, 0.15) is 0 Å². The van der Waals surface area contributed by atoms with Gasteiger partial charge in [0.05, 0.1) is 0 Å². The van der Waals surface area contributed by atoms with E-state index in [9.17, 15) is 105 Å². The normalized spacial score (nSPS) is 16.8. The first-order valence-electron chi connectivity index (χ1n) is 7.24. The summed E-state index contributed by atoms with van der Waals surface area (Å²) in [5, 5.41) is -8.08. The Balaban J connectivity index is 6.67. The molecule has 27 heteroatoms. The lowest BCUT2D eigenvalue weighted by molar-refractivity contribution is -0.556. The first kappa shape index (κ1) is 35.4. The highest BCUT2D eigenvalue weighted by molar-refractivity contribution is 7.86. The highest BCUT2D eigenvalue weighted by Gasteiger charge is 2.92. The number of halogens is 21. The lowest BCUT2D eigenvalue weighted by Crippen LogP contribution is -2.72. The summed E-state index contributed by atoms with van der Waals surface area (Å²) in [6.45, 7) is 0. The second-order valence-corrected chi connectivity index (χ2v) is 7.46. The highest BCUT2D eigenvalue weighted by Crippen LogP contribution is 2.62. The summed E-state index contributed by atoms with van der Waals surface area (Å²) in [4.78, 5) is 0. The molecule has 5 nitrogen and oxygen atoms in total. The van der Waals surface area contributed by atoms with Crippen molar-refractivity contribution in [1.82, 2.24) is 0 Å². The van der Waals surface area contributed by atoms with E-state index in [1.807, 2.05) is 0 Å². The largest absolute Gasteiger partial charge is 0.743 e. The molecule has 0 fully saturated rings. The maximum atomic E-state index is 13.3. The molecule has 0 unspecified atom stereocenters. The van der Waals surface area contributed by atoms with Crippen LogP contribution in [-0.2, 0) is 19.6 Å². The fourth-order valence-electron chi connectivity index (χ4n) is 1.48. The van der Waals surface area contributed by atoms with E-state index in [1.54, 1.807) is 0 Å². The predicted octanol–water partition coefficient (Wildman–Crippen LogP) is 5.63. The molecule has 0 aromatic carbocycles. The summed E-state index contributed by atoms with van der Waals surface area (Å²) in [5.41, 5.74) is 0. The summed E-state index contributed by atoms with van der Waals surface area (Å²) in [6.07, 6.45) is -39.5. The summed E-state index contributed by atoms with van der Waals surface area (Å²) in [5.74, 6) is -35.5. The molecule has 0 saturated carbocycles. The monoisotopic (exact) mass is 631 g/mol. The van der Waals surface area contributed by atoms with Gasteiger partial charge in [-0.25, -0.2) is 17.9 Å². The summed E-state index contributed by atoms with van der Waals surface area (Å²) >= 11 is 0. The molecule has 224 valence electrons. The van der Waals surface area contributed by atoms with Crippen LogP contribution in [0.3, 0.4) is 0 Å². The van der Waals surface area contributed by atoms with Crippen LogP contribution in [0, 0.1) is 0 Å². The van der Waals surface area contributed by atoms with E-state index in [2.05, 4.69) is 0 Å². The van der Waals surface area contributed by atoms with Gasteiger partial charge in [0.25, 0.3) is 0 Å². The molecule has 0 atom stereocenters. The smallest absolute Gasteiger partial charge is 0.483 e. The molecular weight excluding hydrogens is 631 g/mol. The first-order chi connectivity index (χ1) is 15.4. The van der Waals surface area contributed by atoms with Crippen molar-refractivity contribution in [3.63, 3.8) is 0 Å². The zero-order valence-electron chi connectivity index (χ0n) is 15.4. The topological polar surface area (TPSA) is 75.7 Å². The Bertz CT molecular complexity index is 949. The van der Waals surface area contributed by atoms with Crippen molar-refractivity contribution >= 4 is 10.1 Å². The van der Waals surface area contributed by atoms with Gasteiger partial charge in [-0.15, -0.1) is 0 Å². The van der Waals surface area contributed by atoms with Gasteiger partial charge in [0.15, 0.2) is 10.1 Å². The minimum absolute atomic E-state index is 0.942. The van der Waals surface area contributed by atoms with Crippen molar-refractivity contribution in [2.45, 2.75) is 59.6 Å². The van der Waals surface area contributed by atoms with E-state index in [-0.39, 0.29) is 0 Å². The predicted molar refractivity (Wildman–Crippen MR) is 62.4 cm³/mol. The van der Waals surface area contributed by atoms with Crippen molar-refractivity contribution < 1.29 is 115 Å². The van der Waals surface area contributed by atoms with Crippen molar-refractivity contribution in [2.75, 3.05) is 0 Å². The maximum absolute atomic E-state index is 13.3. The summed E-state index contributed by atoms with van der Waals surface area (Å²) < 4.78 is 301. The highest BCUT2D eigenvalue weighted by atomic mass is 32.2. The van der Waals surface area contributed by atoms with Crippen LogP contribution in [0.5, 0.6) is 0 Å². The van der Waals surface area contributed by atoms with Crippen LogP contribution in [0.1, 0.15) is 0 Å². The maximum Gasteiger partial charge on any atom is 0.483 e. The Morgan fingerprint density at radius 1 is 0.405 bits per heavy atom. The van der Waals surface area contributed by atoms with E-state index in [1.165, 1.54) is 0 Å². The van der Waals surface area contributed by atoms with Crippen LogP contribution in [0.15, 0.2) is 0 Å². The van der Waals surface area contributed by atoms with E-state index >= 15 is 0 Å². The molecular formula is C10F21O5S-. The molecule has 0 bridgehead atoms. The van der Waals surface area contributed by atoms with E-state index < -0.39 is 69.7 Å². The molecule has 37 heavy (non-hydrogen) atoms. The minimum atomic E-state index is -9.02. The average Bonchev–Trinajstić information content (AvgIpc) is 2.56. The number of ether oxygens (including phenoxy) is 2. The first-order valence-corrected chi connectivity index (χ1v) is 8.65. The molecule has 0 aromatic rings. The van der Waals surface area contributed by atoms with Crippen LogP contribution in [-0.4, -0.2) is 72.5 Å². The lowest BCUT2D eigenvalue weighted by Gasteiger charge is -2.41. The van der Waals surface area contributed by atoms with Crippen LogP contribution in [0.25, 0.3) is 0 Å². The standard InChI is InChI=1S/C10HF21O5S/c11-1(12,2(13,14)4(17,18)10(30,31)37(32,33)34)3(15,16)6(22,23)35-8(26,27)9(28,29)36-7(24,25)5(19,20)21/h(H,32,33,34)/p-1. The van der Waals surface area contributed by atoms with Crippen molar-refractivity contribution in [3.05, 3.63) is 0 Å². The SMILES string of the molecule is O=S(=O)([O-])C(F)(F)C(F)(F)C(F)(F)C(F)(F)C(F)(F)C(F)(F)OC(F)(F)C(F)(F)OC(F)(F)C(F)(F)F. The van der Waals surface area contributed by atoms with Crippen molar-refractivity contribution in [1.29, 1.82) is 0 Å². The molecule has 0 aliphatic heterocycles. The lowest BCUT2D eigenvalue weighted by atomic mass is 9.97. The average molecular weight is 631 g/mol. The van der Waals surface area contributed by atoms with Crippen LogP contribution < -0.4 is 0 Å². The number of hydrogen-bond acceptors (Lipinski definition) is 5. The molecule has 0 heterocycles. The van der Waals surface area contributed by atoms with E-state index in [0.29, 0.717) is 0 Å². The molecule has 0 spiro atoms. The minimum Gasteiger partial charge on any atom is -0.743 e. The third-order valence-corrected chi connectivity index (χ3v) is 4.29. The molecule has 0 rings (SSSR count). The number of rotatable bonds is 11.